The molecule has 0 spiro atoms. The molecule has 0 atom stereocenters. The van der Waals surface area contributed by atoms with Crippen LogP contribution in [0.25, 0.3) is 11.3 Å². The number of fused-ring (bicyclic) bond motifs is 3. The van der Waals surface area contributed by atoms with Crippen molar-refractivity contribution in [3.8, 4) is 17.1 Å². The molecule has 0 radical (unpaired) electrons. The van der Waals surface area contributed by atoms with Crippen molar-refractivity contribution in [2.24, 2.45) is 0 Å². The first-order valence-electron chi connectivity index (χ1n) is 5.49. The number of Topliss-reactive ketones (excluding diaryl/α,β-unsaturated/α-hetero) is 2. The Morgan fingerprint density at radius 2 is 1.89 bits per heavy atom. The van der Waals surface area contributed by atoms with Crippen LogP contribution in [0.5, 0.6) is 5.75 Å². The average Bonchev–Trinajstić information content (AvgIpc) is 2.77. The van der Waals surface area contributed by atoms with Gasteiger partial charge < -0.3 is 9.15 Å². The highest BCUT2D eigenvalue weighted by Gasteiger charge is 2.36. The topological polar surface area (TPSA) is 56.5 Å². The summed E-state index contributed by atoms with van der Waals surface area (Å²) in [4.78, 5) is 24.1. The third kappa shape index (κ3) is 1.20. The molecular weight excluding hydrogens is 232 g/mol. The predicted octanol–water partition coefficient (Wildman–Crippen LogP) is 2.64. The van der Waals surface area contributed by atoms with Crippen LogP contribution in [0, 0.1) is 6.92 Å². The molecule has 0 aliphatic heterocycles. The predicted molar refractivity (Wildman–Crippen MR) is 64.1 cm³/mol. The molecule has 18 heavy (non-hydrogen) atoms. The monoisotopic (exact) mass is 242 g/mol. The van der Waals surface area contributed by atoms with Gasteiger partial charge in [-0.05, 0) is 24.6 Å². The molecule has 3 rings (SSSR count). The van der Waals surface area contributed by atoms with Crippen LogP contribution in [-0.4, -0.2) is 18.7 Å². The van der Waals surface area contributed by atoms with Crippen LogP contribution in [0.3, 0.4) is 0 Å². The molecule has 0 bridgehead atoms. The van der Waals surface area contributed by atoms with Crippen LogP contribution in [0.1, 0.15) is 26.3 Å². The van der Waals surface area contributed by atoms with Crippen molar-refractivity contribution < 1.29 is 18.7 Å². The number of hydrogen-bond acceptors (Lipinski definition) is 4. The van der Waals surface area contributed by atoms with Gasteiger partial charge in [0.2, 0.25) is 11.6 Å². The van der Waals surface area contributed by atoms with E-state index in [9.17, 15) is 9.59 Å². The third-order valence-electron chi connectivity index (χ3n) is 3.13. The summed E-state index contributed by atoms with van der Waals surface area (Å²) in [6.45, 7) is 1.74. The molecule has 2 aromatic rings. The zero-order chi connectivity index (χ0) is 12.9. The molecule has 0 unspecified atom stereocenters. The van der Waals surface area contributed by atoms with Gasteiger partial charge in [-0.15, -0.1) is 0 Å². The van der Waals surface area contributed by atoms with E-state index in [4.69, 9.17) is 9.15 Å². The Hall–Kier alpha value is -2.36. The fourth-order valence-electron chi connectivity index (χ4n) is 2.27. The lowest BCUT2D eigenvalue weighted by Gasteiger charge is -2.16. The minimum atomic E-state index is -0.517. The number of ketones is 2. The number of furan rings is 1. The summed E-state index contributed by atoms with van der Waals surface area (Å²) in [5.41, 5.74) is 1.91. The molecule has 1 aromatic carbocycles. The van der Waals surface area contributed by atoms with E-state index in [2.05, 4.69) is 0 Å². The van der Waals surface area contributed by atoms with Crippen molar-refractivity contribution in [3.63, 3.8) is 0 Å². The second-order valence-corrected chi connectivity index (χ2v) is 4.16. The molecule has 1 aliphatic rings. The zero-order valence-corrected chi connectivity index (χ0v) is 9.94. The summed E-state index contributed by atoms with van der Waals surface area (Å²) in [6, 6.07) is 5.03. The van der Waals surface area contributed by atoms with E-state index in [0.717, 1.165) is 0 Å². The zero-order valence-electron chi connectivity index (χ0n) is 9.94. The van der Waals surface area contributed by atoms with Gasteiger partial charge in [-0.1, -0.05) is 6.07 Å². The van der Waals surface area contributed by atoms with Crippen LogP contribution in [0.4, 0.5) is 0 Å². The Morgan fingerprint density at radius 3 is 2.61 bits per heavy atom. The number of carbonyl (C=O) groups is 2. The summed E-state index contributed by atoms with van der Waals surface area (Å²) < 4.78 is 10.7. The lowest BCUT2D eigenvalue weighted by molar-refractivity contribution is 0.0814. The van der Waals surface area contributed by atoms with E-state index in [0.29, 0.717) is 33.8 Å². The minimum Gasteiger partial charge on any atom is -0.496 e. The second-order valence-electron chi connectivity index (χ2n) is 4.16. The van der Waals surface area contributed by atoms with Crippen molar-refractivity contribution in [3.05, 3.63) is 41.2 Å². The Bertz CT molecular complexity index is 679. The molecule has 4 heteroatoms. The standard InChI is InChI=1S/C14H10O4/c1-7-6-18-14-10(7)13(16)12(15)8-4-3-5-9(17-2)11(8)14/h3-6H,1-2H3. The van der Waals surface area contributed by atoms with Gasteiger partial charge in [0.05, 0.1) is 24.5 Å². The van der Waals surface area contributed by atoms with Gasteiger partial charge in [0.1, 0.15) is 11.5 Å². The second kappa shape index (κ2) is 3.57. The first-order chi connectivity index (χ1) is 8.65. The molecule has 1 heterocycles. The SMILES string of the molecule is COc1cccc2c1-c1occ(C)c1C(=O)C2=O. The van der Waals surface area contributed by atoms with Crippen LogP contribution < -0.4 is 4.74 Å². The van der Waals surface area contributed by atoms with Gasteiger partial charge in [0, 0.05) is 5.56 Å². The minimum absolute atomic E-state index is 0.334. The van der Waals surface area contributed by atoms with Crippen LogP contribution in [-0.2, 0) is 0 Å². The van der Waals surface area contributed by atoms with Crippen molar-refractivity contribution in [2.75, 3.05) is 7.11 Å². The smallest absolute Gasteiger partial charge is 0.237 e. The number of hydrogen-bond donors (Lipinski definition) is 0. The molecule has 4 nitrogen and oxygen atoms in total. The van der Waals surface area contributed by atoms with Crippen molar-refractivity contribution in [1.82, 2.24) is 0 Å². The largest absolute Gasteiger partial charge is 0.496 e. The van der Waals surface area contributed by atoms with Gasteiger partial charge in [0.15, 0.2) is 0 Å². The van der Waals surface area contributed by atoms with E-state index >= 15 is 0 Å². The molecule has 0 saturated carbocycles. The fourth-order valence-corrected chi connectivity index (χ4v) is 2.27. The lowest BCUT2D eigenvalue weighted by Crippen LogP contribution is -2.21. The molecular formula is C14H10O4. The third-order valence-corrected chi connectivity index (χ3v) is 3.13. The number of carbonyl (C=O) groups excluding carboxylic acids is 2. The highest BCUT2D eigenvalue weighted by atomic mass is 16.5. The Kier molecular flexibility index (Phi) is 2.13. The maximum Gasteiger partial charge on any atom is 0.237 e. The van der Waals surface area contributed by atoms with Crippen LogP contribution in [0.15, 0.2) is 28.9 Å². The number of aryl methyl sites for hydroxylation is 1. The fraction of sp³-hybridized carbons (Fsp3) is 0.143. The molecule has 0 N–H and O–H groups in total. The Labute approximate surface area is 103 Å². The average molecular weight is 242 g/mol. The van der Waals surface area contributed by atoms with Gasteiger partial charge >= 0.3 is 0 Å². The van der Waals surface area contributed by atoms with Crippen molar-refractivity contribution >= 4 is 11.6 Å². The molecule has 90 valence electrons. The summed E-state index contributed by atoms with van der Waals surface area (Å²) in [5, 5.41) is 0. The van der Waals surface area contributed by atoms with E-state index in [1.54, 1.807) is 25.1 Å². The first-order valence-corrected chi connectivity index (χ1v) is 5.49. The highest BCUT2D eigenvalue weighted by Crippen LogP contribution is 2.41. The van der Waals surface area contributed by atoms with E-state index in [-0.39, 0.29) is 0 Å². The summed E-state index contributed by atoms with van der Waals surface area (Å²) in [5.74, 6) is -0.0774. The Balaban J connectivity index is 2.43. The van der Waals surface area contributed by atoms with E-state index < -0.39 is 11.6 Å². The molecule has 0 fully saturated rings. The normalized spacial score (nSPS) is 13.2. The highest BCUT2D eigenvalue weighted by molar-refractivity contribution is 6.53. The number of methoxy groups -OCH3 is 1. The number of rotatable bonds is 1. The van der Waals surface area contributed by atoms with Crippen LogP contribution in [0.2, 0.25) is 0 Å². The quantitative estimate of drug-likeness (QED) is 0.721. The molecule has 1 aromatic heterocycles. The van der Waals surface area contributed by atoms with Gasteiger partial charge in [0.25, 0.3) is 0 Å². The van der Waals surface area contributed by atoms with Crippen molar-refractivity contribution in [2.45, 2.75) is 6.92 Å². The van der Waals surface area contributed by atoms with Crippen molar-refractivity contribution in [1.29, 1.82) is 0 Å². The lowest BCUT2D eigenvalue weighted by atomic mass is 9.87. The summed E-state index contributed by atoms with van der Waals surface area (Å²) >= 11 is 0. The summed E-state index contributed by atoms with van der Waals surface area (Å²) in [7, 11) is 1.52. The summed E-state index contributed by atoms with van der Waals surface area (Å²) in [6.07, 6.45) is 1.48. The van der Waals surface area contributed by atoms with Gasteiger partial charge in [-0.2, -0.15) is 0 Å². The van der Waals surface area contributed by atoms with E-state index in [1.807, 2.05) is 0 Å². The maximum atomic E-state index is 12.1. The van der Waals surface area contributed by atoms with Gasteiger partial charge in [-0.25, -0.2) is 0 Å². The number of ether oxygens (including phenoxy) is 1. The Morgan fingerprint density at radius 1 is 1.11 bits per heavy atom. The molecule has 1 aliphatic carbocycles. The van der Waals surface area contributed by atoms with Crippen LogP contribution >= 0.6 is 0 Å². The number of benzene rings is 1. The first kappa shape index (κ1) is 10.8. The van der Waals surface area contributed by atoms with E-state index in [1.165, 1.54) is 13.4 Å². The molecule has 0 saturated heterocycles. The van der Waals surface area contributed by atoms with Gasteiger partial charge in [-0.3, -0.25) is 9.59 Å². The molecule has 0 amide bonds. The maximum absolute atomic E-state index is 12.1.